The van der Waals surface area contributed by atoms with Gasteiger partial charge in [-0.15, -0.1) is 0 Å². The fourth-order valence-electron chi connectivity index (χ4n) is 9.01. The smallest absolute Gasteiger partial charge is 0.158 e. The van der Waals surface area contributed by atoms with Crippen LogP contribution in [0.5, 0.6) is 0 Å². The topological polar surface area (TPSA) is 107 Å². The van der Waals surface area contributed by atoms with Gasteiger partial charge < -0.3 is 28.4 Å². The third-order valence-corrected chi connectivity index (χ3v) is 13.9. The van der Waals surface area contributed by atoms with E-state index < -0.39 is 6.10 Å². The molecule has 0 aromatic rings. The lowest BCUT2D eigenvalue weighted by Gasteiger charge is -2.18. The predicted molar refractivity (Wildman–Crippen MR) is 303 cm³/mol. The maximum atomic E-state index is 12.8. The quantitative estimate of drug-likeness (QED) is 0.0435. The van der Waals surface area contributed by atoms with Gasteiger partial charge in [0.05, 0.1) is 31.5 Å². The molecule has 0 aliphatic heterocycles. The molecule has 3 unspecified atom stereocenters. The highest BCUT2D eigenvalue weighted by molar-refractivity contribution is 5.80. The van der Waals surface area contributed by atoms with Crippen LogP contribution >= 0.6 is 0 Å². The Morgan fingerprint density at radius 3 is 0.944 bits per heavy atom. The van der Waals surface area contributed by atoms with Crippen molar-refractivity contribution in [1.29, 1.82) is 0 Å². The molecule has 0 saturated heterocycles. The Labute approximate surface area is 444 Å². The summed E-state index contributed by atoms with van der Waals surface area (Å²) in [6.45, 7) is 7.04. The molecule has 0 N–H and O–H groups in total. The lowest BCUT2D eigenvalue weighted by molar-refractivity contribution is -0.135. The van der Waals surface area contributed by atoms with E-state index in [0.717, 1.165) is 128 Å². The minimum absolute atomic E-state index is 0.0175. The molecule has 0 aliphatic carbocycles. The largest absolute Gasteiger partial charge is 0.381 e. The van der Waals surface area contributed by atoms with E-state index in [2.05, 4.69) is 57.2 Å². The van der Waals surface area contributed by atoms with Gasteiger partial charge in [-0.2, -0.15) is 0 Å². The zero-order valence-corrected chi connectivity index (χ0v) is 48.1. The van der Waals surface area contributed by atoms with E-state index in [1.165, 1.54) is 103 Å². The van der Waals surface area contributed by atoms with E-state index in [-0.39, 0.29) is 50.4 Å². The second-order valence-electron chi connectivity index (χ2n) is 20.7. The minimum Gasteiger partial charge on any atom is -0.381 e. The monoisotopic (exact) mass is 1020 g/mol. The molecule has 0 aromatic heterocycles. The van der Waals surface area contributed by atoms with Crippen LogP contribution in [0.2, 0.25) is 0 Å². The average Bonchev–Trinajstić information content (AvgIpc) is 3.38. The molecule has 0 aromatic carbocycles. The van der Waals surface area contributed by atoms with Crippen molar-refractivity contribution >= 4 is 17.3 Å². The molecule has 72 heavy (non-hydrogen) atoms. The van der Waals surface area contributed by atoms with Crippen LogP contribution in [0.1, 0.15) is 271 Å². The van der Waals surface area contributed by atoms with E-state index in [9.17, 15) is 14.4 Å². The summed E-state index contributed by atoms with van der Waals surface area (Å²) in [5, 5.41) is 0. The Morgan fingerprint density at radius 1 is 0.333 bits per heavy atom. The molecule has 0 bridgehead atoms. The molecule has 0 heterocycles. The van der Waals surface area contributed by atoms with Crippen molar-refractivity contribution in [3.05, 3.63) is 36.5 Å². The molecule has 0 aliphatic rings. The van der Waals surface area contributed by atoms with Crippen LogP contribution in [0.25, 0.3) is 0 Å². The molecule has 0 radical (unpaired) electrons. The van der Waals surface area contributed by atoms with Crippen LogP contribution in [-0.4, -0.2) is 96.1 Å². The van der Waals surface area contributed by atoms with Gasteiger partial charge >= 0.3 is 0 Å². The highest BCUT2D eigenvalue weighted by Gasteiger charge is 2.16. The minimum atomic E-state index is -0.525. The van der Waals surface area contributed by atoms with Gasteiger partial charge in [-0.1, -0.05) is 192 Å². The fourth-order valence-corrected chi connectivity index (χ4v) is 9.01. The molecular weight excluding hydrogens is 901 g/mol. The number of Topliss-reactive ketones (excluding diaryl/α,β-unsaturated/α-hetero) is 3. The second-order valence-corrected chi connectivity index (χ2v) is 20.7. The number of unbranched alkanes of at least 4 members (excludes halogenated alkanes) is 24. The summed E-state index contributed by atoms with van der Waals surface area (Å²) >= 11 is 0. The van der Waals surface area contributed by atoms with Gasteiger partial charge in [0.15, 0.2) is 17.3 Å². The molecule has 9 heteroatoms. The highest BCUT2D eigenvalue weighted by Crippen LogP contribution is 2.16. The van der Waals surface area contributed by atoms with Gasteiger partial charge in [-0.25, -0.2) is 0 Å². The number of ketones is 3. The van der Waals surface area contributed by atoms with Gasteiger partial charge in [-0.05, 0) is 96.3 Å². The summed E-state index contributed by atoms with van der Waals surface area (Å²) in [4.78, 5) is 38.2. The van der Waals surface area contributed by atoms with E-state index in [0.29, 0.717) is 37.6 Å². The van der Waals surface area contributed by atoms with Crippen molar-refractivity contribution in [3.63, 3.8) is 0 Å². The number of hydrogen-bond acceptors (Lipinski definition) is 9. The van der Waals surface area contributed by atoms with Crippen molar-refractivity contribution in [2.75, 3.05) is 54.4 Å². The summed E-state index contributed by atoms with van der Waals surface area (Å²) in [5.74, 6) is 0.219. The van der Waals surface area contributed by atoms with Crippen molar-refractivity contribution in [1.82, 2.24) is 0 Å². The van der Waals surface area contributed by atoms with Gasteiger partial charge in [0.25, 0.3) is 0 Å². The lowest BCUT2D eigenvalue weighted by atomic mass is 10.1. The van der Waals surface area contributed by atoms with Crippen LogP contribution in [0.3, 0.4) is 0 Å². The number of allylic oxidation sites excluding steroid dienone is 3. The number of ether oxygens (including phenoxy) is 6. The van der Waals surface area contributed by atoms with Crippen molar-refractivity contribution < 1.29 is 42.8 Å². The summed E-state index contributed by atoms with van der Waals surface area (Å²) in [5.41, 5.74) is 0. The Kier molecular flexibility index (Phi) is 55.1. The first-order valence-electron chi connectivity index (χ1n) is 30.2. The second kappa shape index (κ2) is 56.7. The summed E-state index contributed by atoms with van der Waals surface area (Å²) < 4.78 is 34.6. The van der Waals surface area contributed by atoms with E-state index in [1.807, 2.05) is 21.3 Å². The van der Waals surface area contributed by atoms with Gasteiger partial charge in [0.2, 0.25) is 0 Å². The molecule has 0 spiro atoms. The van der Waals surface area contributed by atoms with E-state index >= 15 is 0 Å². The number of methoxy groups -OCH3 is 3. The molecule has 0 saturated carbocycles. The molecule has 9 nitrogen and oxygen atoms in total. The number of carbonyl (C=O) groups excluding carboxylic acids is 3. The highest BCUT2D eigenvalue weighted by atomic mass is 16.6. The zero-order chi connectivity index (χ0) is 52.6. The summed E-state index contributed by atoms with van der Waals surface area (Å²) in [7, 11) is 5.47. The predicted octanol–water partition coefficient (Wildman–Crippen LogP) is 17.1. The molecule has 3 atom stereocenters. The standard InChI is InChI=1S/C63H116O9/c1-7-10-13-37-46-60(67-4)49-40-31-25-19-16-22-28-34-43-57(64)52-70-55-63(72-54-59(66)45-36-30-24-18-21-27-33-42-51-62(69-6)48-39-15-12-9-3)56-71-53-58(65)44-35-29-23-17-20-26-32-41-50-61(68-5)47-38-14-11-8-2/h31-33,40-42,60-63H,7-30,34-39,43-56H2,1-6H3/b40-31+,41-32+,42-33+. The number of carbonyl (C=O) groups is 3. The van der Waals surface area contributed by atoms with Crippen LogP contribution in [0.4, 0.5) is 0 Å². The van der Waals surface area contributed by atoms with Gasteiger partial charge in [0.1, 0.15) is 25.9 Å². The molecule has 0 amide bonds. The first-order chi connectivity index (χ1) is 35.3. The van der Waals surface area contributed by atoms with E-state index in [4.69, 9.17) is 28.4 Å². The molecular formula is C63H116O9. The van der Waals surface area contributed by atoms with Crippen molar-refractivity contribution in [2.45, 2.75) is 296 Å². The fraction of sp³-hybridized carbons (Fsp3) is 0.857. The van der Waals surface area contributed by atoms with Crippen molar-refractivity contribution in [2.24, 2.45) is 0 Å². The normalized spacial score (nSPS) is 13.8. The average molecular weight is 1020 g/mol. The summed E-state index contributed by atoms with van der Waals surface area (Å²) in [6.07, 6.45) is 56.8. The lowest BCUT2D eigenvalue weighted by Crippen LogP contribution is -2.30. The Morgan fingerprint density at radius 2 is 0.625 bits per heavy atom. The molecule has 422 valence electrons. The summed E-state index contributed by atoms with van der Waals surface area (Å²) in [6, 6.07) is 0. The third kappa shape index (κ3) is 50.2. The van der Waals surface area contributed by atoms with E-state index in [1.54, 1.807) is 0 Å². The van der Waals surface area contributed by atoms with Gasteiger partial charge in [-0.3, -0.25) is 14.4 Å². The maximum absolute atomic E-state index is 12.8. The third-order valence-electron chi connectivity index (χ3n) is 13.9. The van der Waals surface area contributed by atoms with Crippen LogP contribution in [0, 0.1) is 0 Å². The molecule has 0 fully saturated rings. The first kappa shape index (κ1) is 70.0. The van der Waals surface area contributed by atoms with Crippen LogP contribution in [0.15, 0.2) is 36.5 Å². The number of hydrogen-bond donors (Lipinski definition) is 0. The Bertz CT molecular complexity index is 1200. The maximum Gasteiger partial charge on any atom is 0.158 e. The molecule has 0 rings (SSSR count). The van der Waals surface area contributed by atoms with Crippen molar-refractivity contribution in [3.8, 4) is 0 Å². The number of rotatable bonds is 59. The Hall–Kier alpha value is -2.01. The zero-order valence-electron chi connectivity index (χ0n) is 48.1. The van der Waals surface area contributed by atoms with Gasteiger partial charge in [0, 0.05) is 40.6 Å². The first-order valence-corrected chi connectivity index (χ1v) is 30.2. The Balaban J connectivity index is 4.56. The van der Waals surface area contributed by atoms with Crippen LogP contribution < -0.4 is 0 Å². The SMILES string of the molecule is CCCCCCC(C/C=C/CCCCCCCC(=O)COCC(COCC(=O)CCCCCCC/C=C/CC(CCCCCC)OC)OCC(=O)CCCCCCC/C=C/CC(CCCCCC)OC)OC. The van der Waals surface area contributed by atoms with Crippen LogP contribution in [-0.2, 0) is 42.8 Å².